The lowest BCUT2D eigenvalue weighted by atomic mass is 9.85. The van der Waals surface area contributed by atoms with Crippen molar-refractivity contribution in [1.29, 1.82) is 0 Å². The highest BCUT2D eigenvalue weighted by Crippen LogP contribution is 2.59. The summed E-state index contributed by atoms with van der Waals surface area (Å²) in [5, 5.41) is 11.7. The standard InChI is InChI=1S/C32H26N2O6/c1-17-4-8-20(9-5-17)27(21-10-6-18(2)7-11-21)28-23-13-14-24(28)30-29(23)31(36)33(32(30)37)22-12-15-26(40-19(3)35)25(16-22)34(38)39/h4-16,23-24,29-30H,1-3H3/t23-,24-,29-,30-/m0/s1. The number of nitro benzene ring substituents is 1. The number of fused-ring (bicyclic) bond motifs is 5. The molecule has 4 atom stereocenters. The molecule has 0 radical (unpaired) electrons. The Labute approximate surface area is 230 Å². The van der Waals surface area contributed by atoms with E-state index in [0.717, 1.165) is 51.3 Å². The molecule has 2 fully saturated rings. The van der Waals surface area contributed by atoms with Gasteiger partial charge >= 0.3 is 11.7 Å². The number of aryl methyl sites for hydroxylation is 2. The second-order valence-corrected chi connectivity index (χ2v) is 10.6. The van der Waals surface area contributed by atoms with Crippen LogP contribution in [0.5, 0.6) is 5.75 Å². The lowest BCUT2D eigenvalue weighted by molar-refractivity contribution is -0.385. The number of amides is 2. The number of nitrogens with zero attached hydrogens (tertiary/aromatic N) is 2. The molecular weight excluding hydrogens is 508 g/mol. The van der Waals surface area contributed by atoms with Crippen LogP contribution in [-0.4, -0.2) is 22.7 Å². The number of hydrogen-bond donors (Lipinski definition) is 0. The first-order valence-corrected chi connectivity index (χ1v) is 13.1. The van der Waals surface area contributed by atoms with Gasteiger partial charge in [-0.2, -0.15) is 0 Å². The number of carbonyl (C=O) groups is 3. The van der Waals surface area contributed by atoms with Gasteiger partial charge in [0.2, 0.25) is 17.6 Å². The van der Waals surface area contributed by atoms with E-state index in [4.69, 9.17) is 4.74 Å². The SMILES string of the molecule is CC(=O)Oc1ccc(N2C(=O)[C@@H]3[C@@H](C2=O)[C@H]2C=C[C@H]3C2=C(c2ccc(C)cc2)c2ccc(C)cc2)cc1[N+](=O)[O-]. The predicted octanol–water partition coefficient (Wildman–Crippen LogP) is 5.56. The van der Waals surface area contributed by atoms with Crippen molar-refractivity contribution >= 4 is 34.7 Å². The van der Waals surface area contributed by atoms with E-state index in [2.05, 4.69) is 48.5 Å². The van der Waals surface area contributed by atoms with Crippen molar-refractivity contribution in [3.05, 3.63) is 117 Å². The Morgan fingerprint density at radius 1 is 0.825 bits per heavy atom. The molecule has 1 aliphatic heterocycles. The van der Waals surface area contributed by atoms with Crippen LogP contribution in [0.25, 0.3) is 5.57 Å². The van der Waals surface area contributed by atoms with E-state index in [1.807, 2.05) is 26.0 Å². The summed E-state index contributed by atoms with van der Waals surface area (Å²) in [5.41, 5.74) is 6.01. The molecule has 6 rings (SSSR count). The molecule has 8 heteroatoms. The molecule has 3 aromatic carbocycles. The van der Waals surface area contributed by atoms with Crippen LogP contribution in [0.4, 0.5) is 11.4 Å². The Hall–Kier alpha value is -4.85. The number of nitro groups is 1. The molecule has 3 aliphatic rings. The third-order valence-corrected chi connectivity index (χ3v) is 8.04. The molecule has 0 spiro atoms. The normalized spacial score (nSPS) is 22.6. The Morgan fingerprint density at radius 3 is 1.77 bits per heavy atom. The summed E-state index contributed by atoms with van der Waals surface area (Å²) in [6, 6.07) is 20.3. The van der Waals surface area contributed by atoms with Crippen molar-refractivity contribution < 1.29 is 24.0 Å². The fourth-order valence-electron chi connectivity index (χ4n) is 6.32. The third-order valence-electron chi connectivity index (χ3n) is 8.04. The van der Waals surface area contributed by atoms with Gasteiger partial charge in [0.1, 0.15) is 0 Å². The van der Waals surface area contributed by atoms with Crippen LogP contribution in [0.2, 0.25) is 0 Å². The van der Waals surface area contributed by atoms with Crippen molar-refractivity contribution in [1.82, 2.24) is 0 Å². The van der Waals surface area contributed by atoms with E-state index in [-0.39, 0.29) is 35.1 Å². The predicted molar refractivity (Wildman–Crippen MR) is 148 cm³/mol. The van der Waals surface area contributed by atoms with Crippen molar-refractivity contribution in [3.8, 4) is 5.75 Å². The molecule has 0 aromatic heterocycles. The lowest BCUT2D eigenvalue weighted by Gasteiger charge is -2.22. The highest BCUT2D eigenvalue weighted by atomic mass is 16.6. The smallest absolute Gasteiger partial charge is 0.313 e. The lowest BCUT2D eigenvalue weighted by Crippen LogP contribution is -2.33. The number of imide groups is 1. The molecule has 2 aliphatic carbocycles. The number of ether oxygens (including phenoxy) is 1. The topological polar surface area (TPSA) is 107 Å². The van der Waals surface area contributed by atoms with Gasteiger partial charge in [-0.25, -0.2) is 4.90 Å². The van der Waals surface area contributed by atoms with E-state index in [9.17, 15) is 24.5 Å². The Morgan fingerprint density at radius 2 is 1.32 bits per heavy atom. The van der Waals surface area contributed by atoms with Crippen molar-refractivity contribution in [3.63, 3.8) is 0 Å². The minimum Gasteiger partial charge on any atom is -0.419 e. The maximum Gasteiger partial charge on any atom is 0.313 e. The molecule has 0 N–H and O–H groups in total. The number of hydrogen-bond acceptors (Lipinski definition) is 6. The second-order valence-electron chi connectivity index (χ2n) is 10.6. The Balaban J connectivity index is 1.43. The first-order valence-electron chi connectivity index (χ1n) is 13.1. The van der Waals surface area contributed by atoms with Gasteiger partial charge in [0, 0.05) is 24.8 Å². The third kappa shape index (κ3) is 3.95. The fraction of sp³-hybridized carbons (Fsp3) is 0.219. The monoisotopic (exact) mass is 534 g/mol. The average Bonchev–Trinajstić information content (AvgIpc) is 3.55. The number of allylic oxidation sites excluding steroid dienone is 3. The first kappa shape index (κ1) is 25.4. The van der Waals surface area contributed by atoms with Crippen LogP contribution in [0.15, 0.2) is 84.5 Å². The van der Waals surface area contributed by atoms with Gasteiger partial charge in [-0.05, 0) is 48.3 Å². The van der Waals surface area contributed by atoms with Gasteiger partial charge in [0.25, 0.3) is 0 Å². The summed E-state index contributed by atoms with van der Waals surface area (Å²) < 4.78 is 4.95. The molecule has 1 saturated heterocycles. The van der Waals surface area contributed by atoms with Crippen molar-refractivity contribution in [2.45, 2.75) is 20.8 Å². The molecule has 2 amide bonds. The number of rotatable bonds is 5. The molecule has 1 heterocycles. The summed E-state index contributed by atoms with van der Waals surface area (Å²) in [6.45, 7) is 5.20. The zero-order valence-electron chi connectivity index (χ0n) is 22.2. The molecule has 3 aromatic rings. The minimum atomic E-state index is -0.710. The van der Waals surface area contributed by atoms with Gasteiger partial charge in [-0.3, -0.25) is 24.5 Å². The molecule has 1 saturated carbocycles. The number of benzene rings is 3. The number of esters is 1. The fourth-order valence-corrected chi connectivity index (χ4v) is 6.32. The van der Waals surface area contributed by atoms with Crippen LogP contribution < -0.4 is 9.64 Å². The molecule has 2 bridgehead atoms. The summed E-state index contributed by atoms with van der Waals surface area (Å²) in [5.74, 6) is -3.47. The van der Waals surface area contributed by atoms with Crippen LogP contribution in [0, 0.1) is 47.6 Å². The van der Waals surface area contributed by atoms with Gasteiger partial charge in [0.15, 0.2) is 0 Å². The number of carbonyl (C=O) groups excluding carboxylic acids is 3. The maximum atomic E-state index is 13.9. The minimum absolute atomic E-state index is 0.0919. The molecule has 40 heavy (non-hydrogen) atoms. The summed E-state index contributed by atoms with van der Waals surface area (Å²) in [7, 11) is 0. The Bertz CT molecular complexity index is 1570. The maximum absolute atomic E-state index is 13.9. The highest BCUT2D eigenvalue weighted by molar-refractivity contribution is 6.23. The van der Waals surface area contributed by atoms with Crippen LogP contribution in [0.1, 0.15) is 29.2 Å². The van der Waals surface area contributed by atoms with E-state index < -0.39 is 28.4 Å². The van der Waals surface area contributed by atoms with E-state index in [1.54, 1.807) is 0 Å². The van der Waals surface area contributed by atoms with E-state index in [1.165, 1.54) is 12.1 Å². The quantitative estimate of drug-likeness (QED) is 0.106. The van der Waals surface area contributed by atoms with E-state index >= 15 is 0 Å². The molecule has 8 nitrogen and oxygen atoms in total. The average molecular weight is 535 g/mol. The van der Waals surface area contributed by atoms with Crippen LogP contribution in [-0.2, 0) is 14.4 Å². The first-order chi connectivity index (χ1) is 19.2. The van der Waals surface area contributed by atoms with Crippen molar-refractivity contribution in [2.75, 3.05) is 4.90 Å². The van der Waals surface area contributed by atoms with Gasteiger partial charge in [-0.15, -0.1) is 0 Å². The van der Waals surface area contributed by atoms with Gasteiger partial charge < -0.3 is 4.74 Å². The van der Waals surface area contributed by atoms with Gasteiger partial charge in [0.05, 0.1) is 22.4 Å². The molecule has 200 valence electrons. The summed E-state index contributed by atoms with van der Waals surface area (Å²) >= 11 is 0. The van der Waals surface area contributed by atoms with Gasteiger partial charge in [-0.1, -0.05) is 71.8 Å². The summed E-state index contributed by atoms with van der Waals surface area (Å²) in [6.07, 6.45) is 4.04. The zero-order valence-corrected chi connectivity index (χ0v) is 22.2. The largest absolute Gasteiger partial charge is 0.419 e. The van der Waals surface area contributed by atoms with E-state index in [0.29, 0.717) is 0 Å². The van der Waals surface area contributed by atoms with Crippen molar-refractivity contribution in [2.24, 2.45) is 23.7 Å². The summed E-state index contributed by atoms with van der Waals surface area (Å²) in [4.78, 5) is 51.1. The second kappa shape index (κ2) is 9.41. The highest BCUT2D eigenvalue weighted by Gasteiger charge is 2.62. The van der Waals surface area contributed by atoms with Crippen LogP contribution in [0.3, 0.4) is 0 Å². The molecular formula is C32H26N2O6. The number of anilines is 1. The van der Waals surface area contributed by atoms with Crippen LogP contribution >= 0.6 is 0 Å². The zero-order chi connectivity index (χ0) is 28.3. The molecule has 0 unspecified atom stereocenters. The Kier molecular flexibility index (Phi) is 5.98.